The largest absolute Gasteiger partial charge is 0.345 e. The summed E-state index contributed by atoms with van der Waals surface area (Å²) in [5, 5.41) is 0. The summed E-state index contributed by atoms with van der Waals surface area (Å²) in [7, 11) is 3.40. The van der Waals surface area contributed by atoms with Crippen molar-refractivity contribution in [1.29, 1.82) is 0 Å². The van der Waals surface area contributed by atoms with Gasteiger partial charge >= 0.3 is 11.1 Å². The van der Waals surface area contributed by atoms with Crippen molar-refractivity contribution in [2.24, 2.45) is 0 Å². The van der Waals surface area contributed by atoms with E-state index in [0.29, 0.717) is 41.8 Å². The highest BCUT2D eigenvalue weighted by atomic mass is 16.2. The minimum atomic E-state index is -0.710. The lowest BCUT2D eigenvalue weighted by atomic mass is 10.1. The van der Waals surface area contributed by atoms with Gasteiger partial charge in [0.25, 0.3) is 11.8 Å². The molecule has 1 N–H and O–H groups in total. The fourth-order valence-electron chi connectivity index (χ4n) is 3.47. The Hall–Kier alpha value is -3.68. The quantitative estimate of drug-likeness (QED) is 0.615. The summed E-state index contributed by atoms with van der Waals surface area (Å²) in [5.41, 5.74) is 1.61. The second-order valence-corrected chi connectivity index (χ2v) is 7.45. The van der Waals surface area contributed by atoms with E-state index >= 15 is 0 Å². The second kappa shape index (κ2) is 8.99. The molecular formula is C23H26N4O4. The van der Waals surface area contributed by atoms with E-state index in [9.17, 15) is 19.2 Å². The second-order valence-electron chi connectivity index (χ2n) is 7.45. The van der Waals surface area contributed by atoms with Crippen molar-refractivity contribution in [1.82, 2.24) is 19.4 Å². The number of aryl methyl sites for hydroxylation is 1. The third-order valence-corrected chi connectivity index (χ3v) is 5.19. The first-order valence-corrected chi connectivity index (χ1v) is 10.1. The molecule has 0 aliphatic rings. The SMILES string of the molecule is CCN(Cc1ccc(C(=O)N(C)C)cc1)C(=O)c1ccc2c(c1)[nH]c(=O)c(=O)n2CC. The molecule has 0 aliphatic heterocycles. The average molecular weight is 422 g/mol. The Bertz CT molecular complexity index is 1240. The molecule has 162 valence electrons. The molecule has 2 aromatic carbocycles. The molecule has 31 heavy (non-hydrogen) atoms. The molecular weight excluding hydrogens is 396 g/mol. The van der Waals surface area contributed by atoms with Gasteiger partial charge in [-0.3, -0.25) is 19.2 Å². The number of H-pyrrole nitrogens is 1. The molecule has 3 rings (SSSR count). The molecule has 3 aromatic rings. The van der Waals surface area contributed by atoms with E-state index in [1.54, 1.807) is 56.3 Å². The van der Waals surface area contributed by atoms with Gasteiger partial charge in [-0.15, -0.1) is 0 Å². The van der Waals surface area contributed by atoms with Crippen molar-refractivity contribution in [3.8, 4) is 0 Å². The van der Waals surface area contributed by atoms with Gasteiger partial charge < -0.3 is 19.4 Å². The minimum absolute atomic E-state index is 0.0781. The number of carbonyl (C=O) groups is 2. The van der Waals surface area contributed by atoms with Gasteiger partial charge in [-0.05, 0) is 49.7 Å². The Kier molecular flexibility index (Phi) is 6.39. The molecule has 0 spiro atoms. The van der Waals surface area contributed by atoms with Crippen LogP contribution in [0.25, 0.3) is 11.0 Å². The Morgan fingerprint density at radius 3 is 2.16 bits per heavy atom. The molecule has 1 heterocycles. The van der Waals surface area contributed by atoms with Crippen LogP contribution in [0.15, 0.2) is 52.1 Å². The number of benzene rings is 2. The van der Waals surface area contributed by atoms with Crippen LogP contribution in [0.5, 0.6) is 0 Å². The fraction of sp³-hybridized carbons (Fsp3) is 0.304. The van der Waals surface area contributed by atoms with Crippen molar-refractivity contribution in [2.45, 2.75) is 26.9 Å². The molecule has 0 atom stereocenters. The lowest BCUT2D eigenvalue weighted by Crippen LogP contribution is -2.36. The van der Waals surface area contributed by atoms with Crippen LogP contribution in [0.2, 0.25) is 0 Å². The normalized spacial score (nSPS) is 10.8. The van der Waals surface area contributed by atoms with E-state index < -0.39 is 11.1 Å². The molecule has 0 aliphatic carbocycles. The first-order chi connectivity index (χ1) is 14.8. The van der Waals surface area contributed by atoms with E-state index in [1.165, 1.54) is 9.47 Å². The molecule has 8 heteroatoms. The Morgan fingerprint density at radius 1 is 0.935 bits per heavy atom. The van der Waals surface area contributed by atoms with Crippen LogP contribution < -0.4 is 11.1 Å². The number of hydrogen-bond donors (Lipinski definition) is 1. The smallest absolute Gasteiger partial charge is 0.316 e. The van der Waals surface area contributed by atoms with Gasteiger partial charge in [0.05, 0.1) is 11.0 Å². The molecule has 0 radical (unpaired) electrons. The average Bonchev–Trinajstić information content (AvgIpc) is 2.77. The zero-order chi connectivity index (χ0) is 22.7. The molecule has 8 nitrogen and oxygen atoms in total. The summed E-state index contributed by atoms with van der Waals surface area (Å²) in [4.78, 5) is 54.8. The van der Waals surface area contributed by atoms with Crippen LogP contribution in [0.4, 0.5) is 0 Å². The topological polar surface area (TPSA) is 95.5 Å². The number of fused-ring (bicyclic) bond motifs is 1. The number of aromatic amines is 1. The Labute approximate surface area is 179 Å². The van der Waals surface area contributed by atoms with Crippen molar-refractivity contribution in [3.05, 3.63) is 79.9 Å². The standard InChI is InChI=1S/C23H26N4O4/c1-5-26(14-15-7-9-16(10-8-15)21(29)25(3)4)22(30)17-11-12-19-18(13-17)24-20(28)23(31)27(19)6-2/h7-13H,5-6,14H2,1-4H3,(H,24,28). The minimum Gasteiger partial charge on any atom is -0.345 e. The number of aromatic nitrogens is 2. The maximum Gasteiger partial charge on any atom is 0.316 e. The van der Waals surface area contributed by atoms with Crippen molar-refractivity contribution < 1.29 is 9.59 Å². The van der Waals surface area contributed by atoms with Crippen LogP contribution in [0.3, 0.4) is 0 Å². The number of nitrogens with one attached hydrogen (secondary N) is 1. The third-order valence-electron chi connectivity index (χ3n) is 5.19. The molecule has 0 fully saturated rings. The summed E-state index contributed by atoms with van der Waals surface area (Å²) in [5.74, 6) is -0.265. The van der Waals surface area contributed by atoms with Gasteiger partial charge in [0.15, 0.2) is 0 Å². The first-order valence-electron chi connectivity index (χ1n) is 10.1. The van der Waals surface area contributed by atoms with Gasteiger partial charge in [-0.25, -0.2) is 0 Å². The highest BCUT2D eigenvalue weighted by molar-refractivity contribution is 5.97. The zero-order valence-corrected chi connectivity index (χ0v) is 18.1. The van der Waals surface area contributed by atoms with Gasteiger partial charge in [0.1, 0.15) is 0 Å². The van der Waals surface area contributed by atoms with Gasteiger partial charge in [0, 0.05) is 44.9 Å². The van der Waals surface area contributed by atoms with E-state index in [0.717, 1.165) is 5.56 Å². The Balaban J connectivity index is 1.87. The van der Waals surface area contributed by atoms with Gasteiger partial charge in [0.2, 0.25) is 0 Å². The predicted molar refractivity (Wildman–Crippen MR) is 119 cm³/mol. The number of rotatable bonds is 6. The first kappa shape index (κ1) is 22.0. The molecule has 0 saturated heterocycles. The summed E-state index contributed by atoms with van der Waals surface area (Å²) in [6.07, 6.45) is 0. The van der Waals surface area contributed by atoms with E-state index in [-0.39, 0.29) is 11.8 Å². The van der Waals surface area contributed by atoms with E-state index in [1.807, 2.05) is 19.1 Å². The third kappa shape index (κ3) is 4.42. The highest BCUT2D eigenvalue weighted by Crippen LogP contribution is 2.16. The highest BCUT2D eigenvalue weighted by Gasteiger charge is 2.17. The molecule has 2 amide bonds. The molecule has 1 aromatic heterocycles. The molecule has 0 bridgehead atoms. The molecule has 0 saturated carbocycles. The lowest BCUT2D eigenvalue weighted by Gasteiger charge is -2.21. The van der Waals surface area contributed by atoms with Crippen LogP contribution in [0, 0.1) is 0 Å². The van der Waals surface area contributed by atoms with Crippen LogP contribution in [0.1, 0.15) is 40.1 Å². The number of hydrogen-bond acceptors (Lipinski definition) is 4. The van der Waals surface area contributed by atoms with Crippen LogP contribution in [-0.2, 0) is 13.1 Å². The summed E-state index contributed by atoms with van der Waals surface area (Å²) >= 11 is 0. The number of nitrogens with zero attached hydrogens (tertiary/aromatic N) is 3. The van der Waals surface area contributed by atoms with Gasteiger partial charge in [-0.1, -0.05) is 12.1 Å². The van der Waals surface area contributed by atoms with E-state index in [2.05, 4.69) is 4.98 Å². The van der Waals surface area contributed by atoms with E-state index in [4.69, 9.17) is 0 Å². The predicted octanol–water partition coefficient (Wildman–Crippen LogP) is 2.07. The Morgan fingerprint density at radius 2 is 1.58 bits per heavy atom. The van der Waals surface area contributed by atoms with Crippen molar-refractivity contribution in [2.75, 3.05) is 20.6 Å². The van der Waals surface area contributed by atoms with Crippen molar-refractivity contribution in [3.63, 3.8) is 0 Å². The molecule has 0 unspecified atom stereocenters. The number of amides is 2. The monoisotopic (exact) mass is 422 g/mol. The summed E-state index contributed by atoms with van der Waals surface area (Å²) in [6, 6.07) is 12.1. The lowest BCUT2D eigenvalue weighted by molar-refractivity contribution is 0.0751. The van der Waals surface area contributed by atoms with Crippen LogP contribution >= 0.6 is 0 Å². The van der Waals surface area contributed by atoms with Crippen molar-refractivity contribution >= 4 is 22.8 Å². The van der Waals surface area contributed by atoms with Gasteiger partial charge in [-0.2, -0.15) is 0 Å². The summed E-state index contributed by atoms with van der Waals surface area (Å²) < 4.78 is 1.39. The fourth-order valence-corrected chi connectivity index (χ4v) is 3.47. The maximum absolute atomic E-state index is 13.1. The maximum atomic E-state index is 13.1. The zero-order valence-electron chi connectivity index (χ0n) is 18.1. The summed E-state index contributed by atoms with van der Waals surface area (Å²) in [6.45, 7) is 4.91. The van der Waals surface area contributed by atoms with Crippen LogP contribution in [-0.4, -0.2) is 51.8 Å². The number of carbonyl (C=O) groups excluding carboxylic acids is 2.